The predicted octanol–water partition coefficient (Wildman–Crippen LogP) is 2.93. The Kier molecular flexibility index (Phi) is 6.92. The molecule has 2 atom stereocenters. The number of likely N-dealkylation sites (tertiary alicyclic amines) is 1. The minimum absolute atomic E-state index is 0.0266. The number of aryl methyl sites for hydroxylation is 1. The number of fused-ring (bicyclic) bond motifs is 2. The van der Waals surface area contributed by atoms with Gasteiger partial charge >= 0.3 is 6.61 Å². The van der Waals surface area contributed by atoms with Crippen LogP contribution in [0.3, 0.4) is 0 Å². The lowest BCUT2D eigenvalue weighted by atomic mass is 10.1. The maximum absolute atomic E-state index is 15.0. The van der Waals surface area contributed by atoms with Crippen LogP contribution < -0.4 is 5.73 Å². The molecule has 10 nitrogen and oxygen atoms in total. The molecule has 0 saturated carbocycles. The van der Waals surface area contributed by atoms with Crippen molar-refractivity contribution in [1.29, 1.82) is 0 Å². The van der Waals surface area contributed by atoms with Crippen LogP contribution >= 0.6 is 0 Å². The summed E-state index contributed by atoms with van der Waals surface area (Å²) in [5.74, 6) is 3.09. The van der Waals surface area contributed by atoms with E-state index in [1.807, 2.05) is 0 Å². The summed E-state index contributed by atoms with van der Waals surface area (Å²) in [6.45, 7) is 0.518. The fourth-order valence-electron chi connectivity index (χ4n) is 4.79. The number of hydrogen-bond donors (Lipinski definition) is 1. The average molecular weight is 542 g/mol. The highest BCUT2D eigenvalue weighted by Crippen LogP contribution is 2.33. The van der Waals surface area contributed by atoms with Crippen LogP contribution in [-0.2, 0) is 16.6 Å². The van der Waals surface area contributed by atoms with Gasteiger partial charge in [0.1, 0.15) is 29.2 Å². The fraction of sp³-hybridized carbons (Fsp3) is 0.320. The van der Waals surface area contributed by atoms with Gasteiger partial charge in [0, 0.05) is 25.7 Å². The first-order valence-corrected chi connectivity index (χ1v) is 11.8. The molecule has 0 spiro atoms. The van der Waals surface area contributed by atoms with Gasteiger partial charge in [-0.3, -0.25) is 4.79 Å². The molecule has 5 rings (SSSR count). The molecular formula is C25H22F4N8O2. The lowest BCUT2D eigenvalue weighted by molar-refractivity contribution is -0.135. The minimum Gasteiger partial charge on any atom is -0.383 e. The van der Waals surface area contributed by atoms with E-state index in [0.717, 1.165) is 12.1 Å². The van der Waals surface area contributed by atoms with E-state index in [1.165, 1.54) is 26.8 Å². The lowest BCUT2D eigenvalue weighted by Crippen LogP contribution is -2.35. The molecule has 1 saturated heterocycles. The topological polar surface area (TPSA) is 117 Å². The molecule has 0 unspecified atom stereocenters. The van der Waals surface area contributed by atoms with Gasteiger partial charge in [-0.15, -0.1) is 0 Å². The van der Waals surface area contributed by atoms with E-state index < -0.39 is 35.9 Å². The Balaban J connectivity index is 1.53. The molecular weight excluding hydrogens is 520 g/mol. The van der Waals surface area contributed by atoms with Crippen molar-refractivity contribution < 1.29 is 27.1 Å². The van der Waals surface area contributed by atoms with Gasteiger partial charge in [-0.05, 0) is 24.8 Å². The maximum atomic E-state index is 15.0. The molecule has 1 amide bonds. The van der Waals surface area contributed by atoms with Gasteiger partial charge in [0.05, 0.1) is 35.4 Å². The second kappa shape index (κ2) is 10.3. The van der Waals surface area contributed by atoms with Crippen LogP contribution in [0.5, 0.6) is 0 Å². The van der Waals surface area contributed by atoms with Crippen LogP contribution in [0, 0.1) is 23.5 Å². The van der Waals surface area contributed by atoms with Gasteiger partial charge < -0.3 is 19.9 Å². The Morgan fingerprint density at radius 1 is 1.31 bits per heavy atom. The first-order chi connectivity index (χ1) is 18.7. The Morgan fingerprint density at radius 2 is 2.10 bits per heavy atom. The Labute approximate surface area is 219 Å². The highest BCUT2D eigenvalue weighted by Gasteiger charge is 2.37. The lowest BCUT2D eigenvalue weighted by Gasteiger charge is -2.22. The Bertz CT molecular complexity index is 1650. The number of carbonyl (C=O) groups excluding carboxylic acids is 1. The molecule has 0 bridgehead atoms. The van der Waals surface area contributed by atoms with Crippen molar-refractivity contribution in [3.63, 3.8) is 0 Å². The number of halogens is 4. The summed E-state index contributed by atoms with van der Waals surface area (Å²) in [4.78, 5) is 26.2. The van der Waals surface area contributed by atoms with Crippen LogP contribution in [-0.4, -0.2) is 65.9 Å². The van der Waals surface area contributed by atoms with Crippen molar-refractivity contribution in [1.82, 2.24) is 34.2 Å². The number of nitrogens with zero attached hydrogens (tertiary/aromatic N) is 7. The molecule has 4 aromatic rings. The largest absolute Gasteiger partial charge is 0.383 e. The summed E-state index contributed by atoms with van der Waals surface area (Å²) in [5, 5.41) is 4.79. The fourth-order valence-corrected chi connectivity index (χ4v) is 4.79. The second-order valence-electron chi connectivity index (χ2n) is 8.93. The molecule has 2 N–H and O–H groups in total. The number of nitrogens with two attached hydrogens (primary N) is 1. The van der Waals surface area contributed by atoms with Gasteiger partial charge in [-0.25, -0.2) is 28.4 Å². The number of nitrogen functional groups attached to an aromatic ring is 1. The molecule has 1 aliphatic rings. The summed E-state index contributed by atoms with van der Waals surface area (Å²) in [6.07, 6.45) is 4.25. The van der Waals surface area contributed by atoms with Gasteiger partial charge in [-0.2, -0.15) is 13.9 Å². The van der Waals surface area contributed by atoms with Crippen molar-refractivity contribution >= 4 is 33.8 Å². The van der Waals surface area contributed by atoms with Gasteiger partial charge in [0.25, 0.3) is 0 Å². The Hall–Kier alpha value is -4.51. The highest BCUT2D eigenvalue weighted by atomic mass is 19.3. The molecule has 3 aromatic heterocycles. The Morgan fingerprint density at radius 3 is 2.85 bits per heavy atom. The van der Waals surface area contributed by atoms with E-state index in [1.54, 1.807) is 7.05 Å². The molecule has 1 fully saturated rings. The quantitative estimate of drug-likeness (QED) is 0.226. The van der Waals surface area contributed by atoms with Gasteiger partial charge in [0.2, 0.25) is 5.91 Å². The number of rotatable bonds is 6. The zero-order valence-corrected chi connectivity index (χ0v) is 20.6. The number of alkyl halides is 2. The van der Waals surface area contributed by atoms with E-state index in [0.29, 0.717) is 12.1 Å². The molecule has 0 radical (unpaired) electrons. The second-order valence-corrected chi connectivity index (χ2v) is 8.93. The highest BCUT2D eigenvalue weighted by molar-refractivity contribution is 5.91. The number of aromatic nitrogens is 6. The maximum Gasteiger partial charge on any atom is 0.345 e. The number of benzene rings is 1. The average Bonchev–Trinajstić information content (AvgIpc) is 3.59. The first-order valence-electron chi connectivity index (χ1n) is 11.8. The third kappa shape index (κ3) is 4.76. The first kappa shape index (κ1) is 26.1. The third-order valence-electron chi connectivity index (χ3n) is 6.63. The summed E-state index contributed by atoms with van der Waals surface area (Å²) in [6, 6.07) is 0.280. The van der Waals surface area contributed by atoms with E-state index in [2.05, 4.69) is 43.2 Å². The van der Waals surface area contributed by atoms with Crippen molar-refractivity contribution in [3.8, 4) is 11.8 Å². The van der Waals surface area contributed by atoms with Crippen molar-refractivity contribution in [2.24, 2.45) is 7.05 Å². The molecule has 14 heteroatoms. The number of ether oxygens (including phenoxy) is 1. The SMILES string of the molecule is C=CC(=O)N1C[C@@H](n2nc(C#Cc3c(F)cc4c(ncn4C)c3F)c3c(N)ncnc32)C[C@@H]1CCOC(F)F. The van der Waals surface area contributed by atoms with Crippen LogP contribution in [0.1, 0.15) is 30.1 Å². The standard InChI is InChI=1S/C25H22F4N8O2/c1-3-19(38)36-10-14(8-13(36)6-7-39-25(28)29)37-24-20(23(30)31-11-32-24)17(34-37)5-4-15-16(26)9-18-22(21(15)27)33-12-35(18)2/h3,9,11-14,25H,1,6-8,10H2,2H3,(H2,30,31,32)/t13-,14-/m0/s1. The summed E-state index contributed by atoms with van der Waals surface area (Å²) in [5.41, 5.74) is 6.24. The molecule has 202 valence electrons. The van der Waals surface area contributed by atoms with Gasteiger partial charge in [0.15, 0.2) is 11.5 Å². The van der Waals surface area contributed by atoms with Crippen LogP contribution in [0.25, 0.3) is 22.1 Å². The van der Waals surface area contributed by atoms with Crippen molar-refractivity contribution in [2.45, 2.75) is 31.5 Å². The van der Waals surface area contributed by atoms with Crippen LogP contribution in [0.4, 0.5) is 23.4 Å². The summed E-state index contributed by atoms with van der Waals surface area (Å²) in [7, 11) is 1.62. The number of amides is 1. The van der Waals surface area contributed by atoms with E-state index >= 15 is 4.39 Å². The van der Waals surface area contributed by atoms with E-state index in [-0.39, 0.29) is 53.4 Å². The van der Waals surface area contributed by atoms with Crippen molar-refractivity contribution in [3.05, 3.63) is 54.3 Å². The molecule has 0 aliphatic carbocycles. The normalized spacial score (nSPS) is 17.2. The van der Waals surface area contributed by atoms with Gasteiger partial charge in [-0.1, -0.05) is 12.5 Å². The van der Waals surface area contributed by atoms with E-state index in [4.69, 9.17) is 5.73 Å². The monoisotopic (exact) mass is 542 g/mol. The van der Waals surface area contributed by atoms with Crippen LogP contribution in [0.2, 0.25) is 0 Å². The van der Waals surface area contributed by atoms with E-state index in [9.17, 15) is 18.0 Å². The van der Waals surface area contributed by atoms with Crippen LogP contribution in [0.15, 0.2) is 31.4 Å². The molecule has 4 heterocycles. The number of carbonyl (C=O) groups is 1. The summed E-state index contributed by atoms with van der Waals surface area (Å²) < 4.78 is 62.2. The number of anilines is 1. The predicted molar refractivity (Wildman–Crippen MR) is 132 cm³/mol. The molecule has 1 aromatic carbocycles. The molecule has 1 aliphatic heterocycles. The zero-order valence-electron chi connectivity index (χ0n) is 20.6. The van der Waals surface area contributed by atoms with Crippen molar-refractivity contribution in [2.75, 3.05) is 18.9 Å². The number of hydrogen-bond acceptors (Lipinski definition) is 7. The third-order valence-corrected chi connectivity index (χ3v) is 6.63. The smallest absolute Gasteiger partial charge is 0.345 e. The molecule has 39 heavy (non-hydrogen) atoms. The minimum atomic E-state index is -2.92. The summed E-state index contributed by atoms with van der Waals surface area (Å²) >= 11 is 0. The number of imidazole rings is 1. The zero-order chi connectivity index (χ0) is 27.8.